The fraction of sp³-hybridized carbons (Fsp3) is 0.744. The van der Waals surface area contributed by atoms with Crippen molar-refractivity contribution >= 4 is 29.7 Å². The number of aliphatic hydroxyl groups excluding tert-OH is 1. The van der Waals surface area contributed by atoms with Crippen LogP contribution in [0, 0.1) is 17.8 Å². The fourth-order valence-electron chi connectivity index (χ4n) is 7.89. The molecule has 7 unspecified atom stereocenters. The van der Waals surface area contributed by atoms with Crippen LogP contribution in [-0.2, 0) is 52.4 Å². The molecule has 1 N–H and O–H groups in total. The monoisotopic (exact) mass is 819 g/mol. The lowest BCUT2D eigenvalue weighted by molar-refractivity contribution is -0.186. The summed E-state index contributed by atoms with van der Waals surface area (Å²) in [5.74, 6) is -1.88. The second-order valence-electron chi connectivity index (χ2n) is 16.5. The van der Waals surface area contributed by atoms with E-state index in [1.165, 1.54) is 0 Å². The van der Waals surface area contributed by atoms with Crippen LogP contribution in [0.3, 0.4) is 0 Å². The predicted molar refractivity (Wildman–Crippen MR) is 215 cm³/mol. The van der Waals surface area contributed by atoms with Crippen LogP contribution < -0.4 is 0 Å². The van der Waals surface area contributed by atoms with Crippen LogP contribution >= 0.6 is 0 Å². The Morgan fingerprint density at radius 2 is 1.31 bits per heavy atom. The SMILES string of the molecule is C=C(C)C(=O)OCCCOC(C)N1CCC(CC(C)(OCCCOC(=O)C(=C)C)N2CC(CC(C)C(C)(OCCCOC(=O)C(=C)C)N3CCCC3=O)CC2=O)C1O. The summed E-state index contributed by atoms with van der Waals surface area (Å²) < 4.78 is 34.7. The third-order valence-corrected chi connectivity index (χ3v) is 11.4. The molecule has 0 aromatic carbocycles. The first kappa shape index (κ1) is 48.7. The van der Waals surface area contributed by atoms with Crippen molar-refractivity contribution in [3.05, 3.63) is 36.5 Å². The van der Waals surface area contributed by atoms with Gasteiger partial charge in [0.2, 0.25) is 11.8 Å². The number of hydrogen-bond donors (Lipinski definition) is 1. The molecular weight excluding hydrogens is 750 g/mol. The van der Waals surface area contributed by atoms with E-state index in [9.17, 15) is 29.1 Å². The molecule has 2 amide bonds. The minimum atomic E-state index is -1.09. The number of likely N-dealkylation sites (tertiary alicyclic amines) is 3. The first-order valence-corrected chi connectivity index (χ1v) is 20.7. The van der Waals surface area contributed by atoms with Crippen LogP contribution in [0.4, 0.5) is 0 Å². The maximum absolute atomic E-state index is 13.9. The van der Waals surface area contributed by atoms with Crippen LogP contribution in [0.25, 0.3) is 0 Å². The Hall–Kier alpha value is -3.63. The van der Waals surface area contributed by atoms with Crippen molar-refractivity contribution in [1.82, 2.24) is 14.7 Å². The summed E-state index contributed by atoms with van der Waals surface area (Å²) in [6.07, 6.45) is 3.14. The lowest BCUT2D eigenvalue weighted by Crippen LogP contribution is -2.54. The first-order valence-electron chi connectivity index (χ1n) is 20.7. The number of esters is 3. The zero-order valence-corrected chi connectivity index (χ0v) is 36.0. The number of carbonyl (C=O) groups is 5. The molecule has 3 fully saturated rings. The van der Waals surface area contributed by atoms with Gasteiger partial charge in [-0.3, -0.25) is 14.5 Å². The van der Waals surface area contributed by atoms with E-state index in [0.29, 0.717) is 87.9 Å². The molecule has 58 heavy (non-hydrogen) atoms. The van der Waals surface area contributed by atoms with Crippen LogP contribution in [0.5, 0.6) is 0 Å². The molecule has 15 nitrogen and oxygen atoms in total. The Kier molecular flexibility index (Phi) is 19.0. The van der Waals surface area contributed by atoms with Gasteiger partial charge in [-0.25, -0.2) is 14.4 Å². The van der Waals surface area contributed by atoms with Gasteiger partial charge in [-0.15, -0.1) is 0 Å². The molecule has 0 radical (unpaired) electrons. The van der Waals surface area contributed by atoms with E-state index in [-0.39, 0.29) is 69.0 Å². The van der Waals surface area contributed by atoms with E-state index in [1.54, 1.807) is 30.6 Å². The molecule has 0 spiro atoms. The average molecular weight is 820 g/mol. The fourth-order valence-corrected chi connectivity index (χ4v) is 7.89. The van der Waals surface area contributed by atoms with E-state index in [0.717, 1.165) is 6.42 Å². The molecule has 15 heteroatoms. The van der Waals surface area contributed by atoms with E-state index in [2.05, 4.69) is 19.7 Å². The molecule has 328 valence electrons. The average Bonchev–Trinajstić information content (AvgIpc) is 3.88. The molecule has 0 bridgehead atoms. The van der Waals surface area contributed by atoms with Gasteiger partial charge >= 0.3 is 17.9 Å². The van der Waals surface area contributed by atoms with Crippen molar-refractivity contribution in [2.24, 2.45) is 17.8 Å². The van der Waals surface area contributed by atoms with Crippen LogP contribution in [0.1, 0.15) is 106 Å². The number of ether oxygens (including phenoxy) is 6. The topological polar surface area (TPSA) is 171 Å². The predicted octanol–water partition coefficient (Wildman–Crippen LogP) is 4.87. The standard InChI is InChI=1S/C43H69N3O12/c1-29(2)39(50)54-20-12-19-53-33(8)44-18-16-35(38(44)49)27-42(9,57-23-13-21-55-40(51)30(3)4)46-28-34(26-37(46)48)25-32(7)43(10,45-17-11-15-36(45)47)58-24-14-22-56-41(52)31(5)6/h32-35,38,49H,1,3,5,11-28H2,2,4,6-10H3. The number of rotatable bonds is 26. The summed E-state index contributed by atoms with van der Waals surface area (Å²) in [4.78, 5) is 67.9. The summed E-state index contributed by atoms with van der Waals surface area (Å²) in [7, 11) is 0. The van der Waals surface area contributed by atoms with Crippen LogP contribution in [-0.4, -0.2) is 133 Å². The van der Waals surface area contributed by atoms with Gasteiger partial charge in [0.1, 0.15) is 23.9 Å². The number of aliphatic hydroxyl groups is 1. The zero-order chi connectivity index (χ0) is 43.2. The highest BCUT2D eigenvalue weighted by Crippen LogP contribution is 2.41. The number of hydrogen-bond acceptors (Lipinski definition) is 13. The minimum Gasteiger partial charge on any atom is -0.462 e. The van der Waals surface area contributed by atoms with Gasteiger partial charge in [-0.05, 0) is 66.7 Å². The van der Waals surface area contributed by atoms with E-state index in [4.69, 9.17) is 28.4 Å². The molecule has 0 saturated carbocycles. The molecule has 3 saturated heterocycles. The highest BCUT2D eigenvalue weighted by Gasteiger charge is 2.49. The van der Waals surface area contributed by atoms with Crippen molar-refractivity contribution in [3.63, 3.8) is 0 Å². The maximum atomic E-state index is 13.9. The Balaban J connectivity index is 1.69. The number of nitrogens with zero attached hydrogens (tertiary/aromatic N) is 3. The van der Waals surface area contributed by atoms with Crippen molar-refractivity contribution in [2.75, 3.05) is 59.3 Å². The molecule has 3 aliphatic heterocycles. The Bertz CT molecular complexity index is 1490. The van der Waals surface area contributed by atoms with Gasteiger partial charge in [-0.2, -0.15) is 0 Å². The number of amides is 2. The summed E-state index contributed by atoms with van der Waals surface area (Å²) in [5, 5.41) is 11.6. The second kappa shape index (κ2) is 22.7. The van der Waals surface area contributed by atoms with Crippen molar-refractivity contribution in [2.45, 2.75) is 130 Å². The molecule has 0 aliphatic carbocycles. The van der Waals surface area contributed by atoms with E-state index < -0.39 is 41.8 Å². The van der Waals surface area contributed by atoms with Crippen LogP contribution in [0.15, 0.2) is 36.5 Å². The van der Waals surface area contributed by atoms with Gasteiger partial charge in [0.25, 0.3) is 0 Å². The Labute approximate surface area is 345 Å². The highest BCUT2D eigenvalue weighted by atomic mass is 16.6. The summed E-state index contributed by atoms with van der Waals surface area (Å²) in [5.41, 5.74) is -1.06. The smallest absolute Gasteiger partial charge is 0.333 e. The molecule has 3 aliphatic rings. The molecule has 7 atom stereocenters. The van der Waals surface area contributed by atoms with Crippen molar-refractivity contribution in [1.29, 1.82) is 0 Å². The third kappa shape index (κ3) is 13.7. The highest BCUT2D eigenvalue weighted by molar-refractivity contribution is 5.87. The minimum absolute atomic E-state index is 0.0232. The van der Waals surface area contributed by atoms with Gasteiger partial charge in [-0.1, -0.05) is 26.7 Å². The number of carbonyl (C=O) groups excluding carboxylic acids is 5. The van der Waals surface area contributed by atoms with E-state index in [1.807, 2.05) is 32.6 Å². The van der Waals surface area contributed by atoms with Crippen molar-refractivity contribution < 1.29 is 57.5 Å². The van der Waals surface area contributed by atoms with Gasteiger partial charge in [0.05, 0.1) is 39.6 Å². The second-order valence-corrected chi connectivity index (χ2v) is 16.5. The molecule has 3 rings (SSSR count). The van der Waals surface area contributed by atoms with Gasteiger partial charge in [0, 0.05) is 86.7 Å². The normalized spacial score (nSPS) is 22.9. The van der Waals surface area contributed by atoms with Crippen LogP contribution in [0.2, 0.25) is 0 Å². The lowest BCUT2D eigenvalue weighted by Gasteiger charge is -2.44. The first-order chi connectivity index (χ1) is 27.3. The van der Waals surface area contributed by atoms with Crippen molar-refractivity contribution in [3.8, 4) is 0 Å². The molecule has 0 aromatic rings. The maximum Gasteiger partial charge on any atom is 0.333 e. The van der Waals surface area contributed by atoms with Gasteiger partial charge in [0.15, 0.2) is 0 Å². The molecule has 3 heterocycles. The Morgan fingerprint density at radius 1 is 0.776 bits per heavy atom. The summed E-state index contributed by atoms with van der Waals surface area (Å²) in [6.45, 7) is 26.2. The third-order valence-electron chi connectivity index (χ3n) is 11.4. The summed E-state index contributed by atoms with van der Waals surface area (Å²) in [6, 6.07) is 0. The molecular formula is C43H69N3O12. The molecule has 0 aromatic heterocycles. The zero-order valence-electron chi connectivity index (χ0n) is 36.0. The van der Waals surface area contributed by atoms with Gasteiger partial charge < -0.3 is 43.3 Å². The van der Waals surface area contributed by atoms with E-state index >= 15 is 0 Å². The quantitative estimate of drug-likeness (QED) is 0.0543. The lowest BCUT2D eigenvalue weighted by atomic mass is 9.86. The Morgan fingerprint density at radius 3 is 1.83 bits per heavy atom. The summed E-state index contributed by atoms with van der Waals surface area (Å²) >= 11 is 0. The largest absolute Gasteiger partial charge is 0.462 e.